The molecule has 2 aromatic heterocycles. The van der Waals surface area contributed by atoms with E-state index in [0.717, 1.165) is 76.9 Å². The van der Waals surface area contributed by atoms with E-state index in [1.165, 1.54) is 22.3 Å². The maximum atomic E-state index is 6.38. The van der Waals surface area contributed by atoms with Gasteiger partial charge in [0.25, 0.3) is 0 Å². The number of thiazole rings is 1. The van der Waals surface area contributed by atoms with Gasteiger partial charge in [-0.25, -0.2) is 4.98 Å². The minimum absolute atomic E-state index is 0.235. The summed E-state index contributed by atoms with van der Waals surface area (Å²) in [5, 5.41) is 3.19. The average Bonchev–Trinajstić information content (AvgIpc) is 3.93. The van der Waals surface area contributed by atoms with Gasteiger partial charge in [-0.2, -0.15) is 0 Å². The van der Waals surface area contributed by atoms with Crippen LogP contribution in [0.15, 0.2) is 192 Å². The third kappa shape index (κ3) is 5.38. The van der Waals surface area contributed by atoms with Crippen LogP contribution in [-0.2, 0) is 5.41 Å². The van der Waals surface area contributed by atoms with Crippen molar-refractivity contribution >= 4 is 77.6 Å². The summed E-state index contributed by atoms with van der Waals surface area (Å²) in [4.78, 5) is 10.2. The van der Waals surface area contributed by atoms with Gasteiger partial charge in [-0.05, 0) is 89.5 Å². The smallest absolute Gasteiger partial charge is 0.135 e. The van der Waals surface area contributed by atoms with Crippen molar-refractivity contribution in [2.75, 3.05) is 9.80 Å². The Morgan fingerprint density at radius 2 is 1.09 bits per heavy atom. The van der Waals surface area contributed by atoms with Gasteiger partial charge >= 0.3 is 0 Å². The number of aromatic nitrogens is 1. The summed E-state index contributed by atoms with van der Waals surface area (Å²) >= 11 is 1.77. The fourth-order valence-electron chi connectivity index (χ4n) is 8.76. The lowest BCUT2D eigenvalue weighted by molar-refractivity contribution is 0.661. The van der Waals surface area contributed by atoms with Gasteiger partial charge in [0, 0.05) is 55.8 Å². The van der Waals surface area contributed by atoms with Crippen molar-refractivity contribution in [3.05, 3.63) is 199 Å². The zero-order valence-electron chi connectivity index (χ0n) is 31.6. The quantitative estimate of drug-likeness (QED) is 0.162. The highest BCUT2D eigenvalue weighted by atomic mass is 32.1. The Bertz CT molecular complexity index is 3070. The predicted octanol–water partition coefficient (Wildman–Crippen LogP) is 15.1. The standard InChI is InChI=1S/C52H37N3OS/c1-52(2)43-27-14-12-26-41(43)48-44(52)33-45-50(57-51(53-45)34-17-6-3-7-18-34)49(48)55(39-29-30-47-42(32-39)40-25-13-15-28-46(40)56-47)38-24-16-23-37(31-38)54(35-19-8-4-9-20-35)36-21-10-5-11-22-36/h3-33H,1-2H3. The Morgan fingerprint density at radius 1 is 0.491 bits per heavy atom. The minimum Gasteiger partial charge on any atom is -0.456 e. The van der Waals surface area contributed by atoms with Crippen molar-refractivity contribution in [2.45, 2.75) is 19.3 Å². The summed E-state index contributed by atoms with van der Waals surface area (Å²) in [7, 11) is 0. The number of anilines is 6. The van der Waals surface area contributed by atoms with Crippen molar-refractivity contribution in [1.29, 1.82) is 0 Å². The molecule has 0 amide bonds. The van der Waals surface area contributed by atoms with E-state index in [0.29, 0.717) is 0 Å². The Hall–Kier alpha value is -6.95. The van der Waals surface area contributed by atoms with Crippen LogP contribution in [0.5, 0.6) is 0 Å². The number of furan rings is 1. The zero-order chi connectivity index (χ0) is 38.1. The molecule has 2 heterocycles. The second kappa shape index (κ2) is 13.1. The molecule has 272 valence electrons. The molecule has 0 saturated carbocycles. The maximum absolute atomic E-state index is 6.38. The Balaban J connectivity index is 1.24. The van der Waals surface area contributed by atoms with E-state index >= 15 is 0 Å². The van der Waals surface area contributed by atoms with E-state index in [1.54, 1.807) is 11.3 Å². The lowest BCUT2D eigenvalue weighted by Crippen LogP contribution is -2.16. The van der Waals surface area contributed by atoms with Gasteiger partial charge in [-0.1, -0.05) is 129 Å². The molecule has 1 aliphatic carbocycles. The first-order chi connectivity index (χ1) is 28.0. The maximum Gasteiger partial charge on any atom is 0.135 e. The number of para-hydroxylation sites is 3. The molecular formula is C52H37N3OS. The molecule has 0 N–H and O–H groups in total. The largest absolute Gasteiger partial charge is 0.456 e. The van der Waals surface area contributed by atoms with Crippen LogP contribution in [0.3, 0.4) is 0 Å². The van der Waals surface area contributed by atoms with Gasteiger partial charge in [0.15, 0.2) is 0 Å². The highest BCUT2D eigenvalue weighted by Gasteiger charge is 2.40. The molecule has 0 aliphatic heterocycles. The monoisotopic (exact) mass is 751 g/mol. The summed E-state index contributed by atoms with van der Waals surface area (Å²) in [6.45, 7) is 4.70. The fourth-order valence-corrected chi connectivity index (χ4v) is 9.85. The molecule has 0 bridgehead atoms. The number of fused-ring (bicyclic) bond motifs is 7. The second-order valence-electron chi connectivity index (χ2n) is 15.2. The Kier molecular flexibility index (Phi) is 7.66. The highest BCUT2D eigenvalue weighted by molar-refractivity contribution is 7.22. The van der Waals surface area contributed by atoms with Crippen molar-refractivity contribution < 1.29 is 4.42 Å². The van der Waals surface area contributed by atoms with Gasteiger partial charge in [-0.3, -0.25) is 0 Å². The van der Waals surface area contributed by atoms with E-state index in [4.69, 9.17) is 9.40 Å². The topological polar surface area (TPSA) is 32.5 Å². The van der Waals surface area contributed by atoms with Gasteiger partial charge in [0.2, 0.25) is 0 Å². The zero-order valence-corrected chi connectivity index (χ0v) is 32.4. The third-order valence-electron chi connectivity index (χ3n) is 11.4. The molecule has 0 atom stereocenters. The molecule has 8 aromatic carbocycles. The molecule has 0 fully saturated rings. The molecule has 57 heavy (non-hydrogen) atoms. The minimum atomic E-state index is -0.235. The van der Waals surface area contributed by atoms with Crippen LogP contribution < -0.4 is 9.80 Å². The molecule has 1 aliphatic rings. The molecule has 10 aromatic rings. The van der Waals surface area contributed by atoms with Gasteiger partial charge in [0.05, 0.1) is 15.9 Å². The van der Waals surface area contributed by atoms with Gasteiger partial charge in [-0.15, -0.1) is 11.3 Å². The van der Waals surface area contributed by atoms with Crippen molar-refractivity contribution in [3.8, 4) is 21.7 Å². The van der Waals surface area contributed by atoms with Crippen molar-refractivity contribution in [3.63, 3.8) is 0 Å². The molecular weight excluding hydrogens is 715 g/mol. The lowest BCUT2D eigenvalue weighted by atomic mass is 9.82. The van der Waals surface area contributed by atoms with Gasteiger partial charge in [0.1, 0.15) is 16.2 Å². The summed E-state index contributed by atoms with van der Waals surface area (Å²) in [5.74, 6) is 0. The molecule has 0 spiro atoms. The SMILES string of the molecule is CC1(C)c2ccccc2-c2c1cc1nc(-c3ccccc3)sc1c2N(c1cccc(N(c2ccccc2)c2ccccc2)c1)c1ccc2oc3ccccc3c2c1. The number of hydrogen-bond donors (Lipinski definition) is 0. The molecule has 5 heteroatoms. The number of nitrogens with zero attached hydrogens (tertiary/aromatic N) is 3. The summed E-state index contributed by atoms with van der Waals surface area (Å²) in [6.07, 6.45) is 0. The lowest BCUT2D eigenvalue weighted by Gasteiger charge is -2.31. The van der Waals surface area contributed by atoms with Crippen LogP contribution in [0.2, 0.25) is 0 Å². The third-order valence-corrected chi connectivity index (χ3v) is 12.6. The van der Waals surface area contributed by atoms with Crippen molar-refractivity contribution in [2.24, 2.45) is 0 Å². The fraction of sp³-hybridized carbons (Fsp3) is 0.0577. The predicted molar refractivity (Wildman–Crippen MR) is 239 cm³/mol. The highest BCUT2D eigenvalue weighted by Crippen LogP contribution is 2.58. The average molecular weight is 752 g/mol. The summed E-state index contributed by atoms with van der Waals surface area (Å²) in [6, 6.07) is 67.0. The van der Waals surface area contributed by atoms with Crippen LogP contribution in [0.25, 0.3) is 53.9 Å². The molecule has 0 unspecified atom stereocenters. The Labute approximate surface area is 335 Å². The molecule has 0 saturated heterocycles. The first kappa shape index (κ1) is 33.4. The van der Waals surface area contributed by atoms with E-state index in [-0.39, 0.29) is 5.41 Å². The Morgan fingerprint density at radius 3 is 1.84 bits per heavy atom. The number of hydrogen-bond acceptors (Lipinski definition) is 5. The van der Waals surface area contributed by atoms with E-state index in [2.05, 4.69) is 200 Å². The van der Waals surface area contributed by atoms with Crippen LogP contribution in [0.4, 0.5) is 34.1 Å². The van der Waals surface area contributed by atoms with Crippen LogP contribution in [0.1, 0.15) is 25.0 Å². The first-order valence-electron chi connectivity index (χ1n) is 19.4. The first-order valence-corrected chi connectivity index (χ1v) is 20.2. The van der Waals surface area contributed by atoms with Crippen LogP contribution in [0, 0.1) is 0 Å². The normalized spacial score (nSPS) is 12.9. The summed E-state index contributed by atoms with van der Waals surface area (Å²) in [5.41, 5.74) is 15.2. The number of rotatable bonds is 7. The van der Waals surface area contributed by atoms with Crippen LogP contribution in [-0.4, -0.2) is 4.98 Å². The van der Waals surface area contributed by atoms with E-state index in [9.17, 15) is 0 Å². The molecule has 0 radical (unpaired) electrons. The summed E-state index contributed by atoms with van der Waals surface area (Å²) < 4.78 is 7.53. The van der Waals surface area contributed by atoms with E-state index in [1.807, 2.05) is 12.1 Å². The number of benzene rings is 8. The van der Waals surface area contributed by atoms with Crippen molar-refractivity contribution in [1.82, 2.24) is 4.98 Å². The van der Waals surface area contributed by atoms with Crippen LogP contribution >= 0.6 is 11.3 Å². The molecule has 4 nitrogen and oxygen atoms in total. The van der Waals surface area contributed by atoms with E-state index < -0.39 is 0 Å². The van der Waals surface area contributed by atoms with Gasteiger partial charge < -0.3 is 14.2 Å². The molecule has 11 rings (SSSR count). The second-order valence-corrected chi connectivity index (χ2v) is 16.2.